The molecule has 6 nitrogen and oxygen atoms in total. The summed E-state index contributed by atoms with van der Waals surface area (Å²) >= 11 is 3.28. The molecule has 110 valence electrons. The van der Waals surface area contributed by atoms with Gasteiger partial charge in [0.15, 0.2) is 0 Å². The Morgan fingerprint density at radius 3 is 2.86 bits per heavy atom. The fourth-order valence-electron chi connectivity index (χ4n) is 1.88. The number of anilines is 1. The molecule has 0 unspecified atom stereocenters. The van der Waals surface area contributed by atoms with Gasteiger partial charge in [-0.2, -0.15) is 0 Å². The van der Waals surface area contributed by atoms with Crippen molar-refractivity contribution in [1.29, 1.82) is 0 Å². The van der Waals surface area contributed by atoms with Crippen LogP contribution in [0.25, 0.3) is 0 Å². The number of nitrogens with zero attached hydrogens (tertiary/aromatic N) is 2. The second-order valence-corrected chi connectivity index (χ2v) is 5.12. The van der Waals surface area contributed by atoms with Gasteiger partial charge in [0, 0.05) is 12.6 Å². The Balaban J connectivity index is 1.99. The molecule has 0 radical (unpaired) electrons. The number of methoxy groups -OCH3 is 1. The molecule has 0 fully saturated rings. The van der Waals surface area contributed by atoms with Gasteiger partial charge in [-0.15, -0.1) is 0 Å². The average molecular weight is 352 g/mol. The highest BCUT2D eigenvalue weighted by atomic mass is 79.9. The largest absolute Gasteiger partial charge is 0.496 e. The smallest absolute Gasteiger partial charge is 0.288 e. The van der Waals surface area contributed by atoms with Crippen LogP contribution in [0.2, 0.25) is 0 Å². The van der Waals surface area contributed by atoms with Crippen LogP contribution in [0.3, 0.4) is 0 Å². The van der Waals surface area contributed by atoms with Gasteiger partial charge in [-0.05, 0) is 34.0 Å². The lowest BCUT2D eigenvalue weighted by molar-refractivity contribution is -0.385. The van der Waals surface area contributed by atoms with Crippen LogP contribution in [0.5, 0.6) is 5.75 Å². The van der Waals surface area contributed by atoms with Gasteiger partial charge in [-0.3, -0.25) is 10.1 Å². The first-order valence-electron chi connectivity index (χ1n) is 6.27. The van der Waals surface area contributed by atoms with Crippen LogP contribution in [-0.4, -0.2) is 23.6 Å². The maximum atomic E-state index is 10.6. The van der Waals surface area contributed by atoms with E-state index in [2.05, 4.69) is 26.2 Å². The van der Waals surface area contributed by atoms with Crippen molar-refractivity contribution in [3.05, 3.63) is 56.7 Å². The van der Waals surface area contributed by atoms with E-state index < -0.39 is 4.92 Å². The number of hydrogen-bond acceptors (Lipinski definition) is 5. The molecule has 0 saturated carbocycles. The normalized spacial score (nSPS) is 10.2. The summed E-state index contributed by atoms with van der Waals surface area (Å²) in [6.45, 7) is 0.643. The van der Waals surface area contributed by atoms with Crippen LogP contribution in [-0.2, 0) is 6.42 Å². The van der Waals surface area contributed by atoms with E-state index in [1.807, 2.05) is 24.3 Å². The summed E-state index contributed by atoms with van der Waals surface area (Å²) in [6.07, 6.45) is 1.99. The van der Waals surface area contributed by atoms with E-state index >= 15 is 0 Å². The molecule has 0 bridgehead atoms. The van der Waals surface area contributed by atoms with Gasteiger partial charge in [0.25, 0.3) is 5.69 Å². The molecule has 7 heteroatoms. The number of benzene rings is 1. The Kier molecular flexibility index (Phi) is 5.10. The highest BCUT2D eigenvalue weighted by Crippen LogP contribution is 2.24. The Hall–Kier alpha value is -2.15. The first kappa shape index (κ1) is 15.2. The molecule has 0 atom stereocenters. The third-order valence-electron chi connectivity index (χ3n) is 2.92. The summed E-state index contributed by atoms with van der Waals surface area (Å²) in [4.78, 5) is 14.2. The van der Waals surface area contributed by atoms with Gasteiger partial charge in [0.2, 0.25) is 0 Å². The Morgan fingerprint density at radius 2 is 2.19 bits per heavy atom. The molecular formula is C14H14BrN3O3. The summed E-state index contributed by atoms with van der Waals surface area (Å²) in [5.74, 6) is 1.42. The second kappa shape index (κ2) is 7.03. The molecule has 0 spiro atoms. The first-order valence-corrected chi connectivity index (χ1v) is 7.07. The van der Waals surface area contributed by atoms with Crippen LogP contribution < -0.4 is 10.1 Å². The van der Waals surface area contributed by atoms with Gasteiger partial charge in [-0.1, -0.05) is 18.2 Å². The van der Waals surface area contributed by atoms with Gasteiger partial charge in [0.1, 0.15) is 17.8 Å². The summed E-state index contributed by atoms with van der Waals surface area (Å²) < 4.78 is 5.85. The van der Waals surface area contributed by atoms with Crippen molar-refractivity contribution in [3.63, 3.8) is 0 Å². The van der Waals surface area contributed by atoms with Gasteiger partial charge < -0.3 is 10.1 Å². The molecule has 0 amide bonds. The standard InChI is InChI=1S/C14H14BrN3O3/c1-21-13-5-3-2-4-10(13)6-7-16-14-12(15)8-11(9-17-14)18(19)20/h2-5,8-9H,6-7H2,1H3,(H,16,17). The van der Waals surface area contributed by atoms with Crippen molar-refractivity contribution < 1.29 is 9.66 Å². The molecule has 0 aliphatic rings. The lowest BCUT2D eigenvalue weighted by atomic mass is 10.1. The lowest BCUT2D eigenvalue weighted by Crippen LogP contribution is -2.08. The molecule has 1 heterocycles. The summed E-state index contributed by atoms with van der Waals surface area (Å²) in [7, 11) is 1.64. The van der Waals surface area contributed by atoms with Gasteiger partial charge in [-0.25, -0.2) is 4.98 Å². The fraction of sp³-hybridized carbons (Fsp3) is 0.214. The molecule has 1 aromatic heterocycles. The van der Waals surface area contributed by atoms with Crippen LogP contribution in [0, 0.1) is 10.1 Å². The molecule has 2 rings (SSSR count). The van der Waals surface area contributed by atoms with Gasteiger partial charge in [0.05, 0.1) is 16.5 Å². The van der Waals surface area contributed by atoms with E-state index in [1.54, 1.807) is 7.11 Å². The number of rotatable bonds is 6. The zero-order chi connectivity index (χ0) is 15.2. The summed E-state index contributed by atoms with van der Waals surface area (Å²) in [5, 5.41) is 13.8. The van der Waals surface area contributed by atoms with Crippen LogP contribution in [0.4, 0.5) is 11.5 Å². The summed E-state index contributed by atoms with van der Waals surface area (Å²) in [5.41, 5.74) is 1.04. The number of nitro groups is 1. The molecule has 0 aliphatic carbocycles. The SMILES string of the molecule is COc1ccccc1CCNc1ncc([N+](=O)[O-])cc1Br. The highest BCUT2D eigenvalue weighted by molar-refractivity contribution is 9.10. The van der Waals surface area contributed by atoms with Crippen molar-refractivity contribution in [2.75, 3.05) is 19.0 Å². The van der Waals surface area contributed by atoms with E-state index in [9.17, 15) is 10.1 Å². The number of hydrogen-bond donors (Lipinski definition) is 1. The first-order chi connectivity index (χ1) is 10.1. The van der Waals surface area contributed by atoms with Crippen molar-refractivity contribution in [1.82, 2.24) is 4.98 Å². The number of aromatic nitrogens is 1. The monoisotopic (exact) mass is 351 g/mol. The maximum Gasteiger partial charge on any atom is 0.288 e. The maximum absolute atomic E-state index is 10.6. The predicted molar refractivity (Wildman–Crippen MR) is 83.8 cm³/mol. The van der Waals surface area contributed by atoms with Gasteiger partial charge >= 0.3 is 0 Å². The van der Waals surface area contributed by atoms with Crippen molar-refractivity contribution in [2.24, 2.45) is 0 Å². The second-order valence-electron chi connectivity index (χ2n) is 4.27. The van der Waals surface area contributed by atoms with E-state index in [0.717, 1.165) is 17.7 Å². The quantitative estimate of drug-likeness (QED) is 0.637. The zero-order valence-electron chi connectivity index (χ0n) is 11.4. The Morgan fingerprint density at radius 1 is 1.43 bits per heavy atom. The van der Waals surface area contributed by atoms with Crippen molar-refractivity contribution in [3.8, 4) is 5.75 Å². The highest BCUT2D eigenvalue weighted by Gasteiger charge is 2.10. The minimum absolute atomic E-state index is 0.0443. The molecule has 1 aromatic carbocycles. The average Bonchev–Trinajstić information content (AvgIpc) is 2.49. The van der Waals surface area contributed by atoms with E-state index in [-0.39, 0.29) is 5.69 Å². The Bertz CT molecular complexity index is 649. The van der Waals surface area contributed by atoms with Crippen molar-refractivity contribution in [2.45, 2.75) is 6.42 Å². The number of nitrogens with one attached hydrogen (secondary N) is 1. The minimum atomic E-state index is -0.476. The van der Waals surface area contributed by atoms with E-state index in [1.165, 1.54) is 12.3 Å². The van der Waals surface area contributed by atoms with Crippen molar-refractivity contribution >= 4 is 27.4 Å². The van der Waals surface area contributed by atoms with Crippen LogP contribution >= 0.6 is 15.9 Å². The molecule has 21 heavy (non-hydrogen) atoms. The fourth-order valence-corrected chi connectivity index (χ4v) is 2.36. The molecule has 1 N–H and O–H groups in total. The topological polar surface area (TPSA) is 77.3 Å². The number of para-hydroxylation sites is 1. The number of ether oxygens (including phenoxy) is 1. The van der Waals surface area contributed by atoms with E-state index in [4.69, 9.17) is 4.74 Å². The summed E-state index contributed by atoms with van der Waals surface area (Å²) in [6, 6.07) is 9.22. The van der Waals surface area contributed by atoms with E-state index in [0.29, 0.717) is 16.8 Å². The molecule has 0 aliphatic heterocycles. The lowest BCUT2D eigenvalue weighted by Gasteiger charge is -2.10. The zero-order valence-corrected chi connectivity index (χ0v) is 13.0. The number of pyridine rings is 1. The third-order valence-corrected chi connectivity index (χ3v) is 3.52. The molecular weight excluding hydrogens is 338 g/mol. The Labute approximate surface area is 130 Å². The molecule has 0 saturated heterocycles. The van der Waals surface area contributed by atoms with Crippen LogP contribution in [0.15, 0.2) is 41.0 Å². The third kappa shape index (κ3) is 3.91. The number of halogens is 1. The molecule has 2 aromatic rings. The predicted octanol–water partition coefficient (Wildman–Crippen LogP) is 3.42. The minimum Gasteiger partial charge on any atom is -0.496 e. The van der Waals surface area contributed by atoms with Crippen LogP contribution in [0.1, 0.15) is 5.56 Å².